The monoisotopic (exact) mass is 268 g/mol. The van der Waals surface area contributed by atoms with E-state index in [1.54, 1.807) is 12.1 Å². The zero-order valence-electron chi connectivity index (χ0n) is 12.4. The summed E-state index contributed by atoms with van der Waals surface area (Å²) in [6, 6.07) is 11.2. The first-order valence-corrected chi connectivity index (χ1v) is 6.72. The minimum atomic E-state index is 0.0125. The quantitative estimate of drug-likeness (QED) is 0.815. The summed E-state index contributed by atoms with van der Waals surface area (Å²) in [5.41, 5.74) is 4.50. The van der Waals surface area contributed by atoms with Gasteiger partial charge in [0.1, 0.15) is 12.0 Å². The highest BCUT2D eigenvalue weighted by atomic mass is 16.3. The van der Waals surface area contributed by atoms with Crippen LogP contribution in [-0.2, 0) is 5.41 Å². The van der Waals surface area contributed by atoms with Gasteiger partial charge in [0.25, 0.3) is 0 Å². The molecule has 0 aliphatic rings. The molecule has 2 aromatic rings. The Morgan fingerprint density at radius 1 is 1.00 bits per heavy atom. The molecule has 2 nitrogen and oxygen atoms in total. The van der Waals surface area contributed by atoms with Crippen LogP contribution in [0.15, 0.2) is 36.4 Å². The number of aryl methyl sites for hydroxylation is 1. The van der Waals surface area contributed by atoms with Crippen LogP contribution in [0.4, 0.5) is 0 Å². The molecule has 0 atom stereocenters. The number of hydrogen-bond donors (Lipinski definition) is 1. The van der Waals surface area contributed by atoms with Gasteiger partial charge in [-0.3, -0.25) is 4.79 Å². The Kier molecular flexibility index (Phi) is 3.67. The Bertz CT molecular complexity index is 649. The molecule has 1 N–H and O–H groups in total. The summed E-state index contributed by atoms with van der Waals surface area (Å²) in [7, 11) is 0. The standard InChI is InChI=1S/C18H20O2/c1-12-5-6-13(11-19)9-15(12)16-10-14(18(2,3)4)7-8-17(16)20/h5-11,20H,1-4H3. The largest absolute Gasteiger partial charge is 0.507 e. The first kappa shape index (κ1) is 14.3. The minimum absolute atomic E-state index is 0.0125. The van der Waals surface area contributed by atoms with E-state index in [0.717, 1.165) is 28.5 Å². The maximum atomic E-state index is 10.9. The third-order valence-corrected chi connectivity index (χ3v) is 3.55. The zero-order valence-corrected chi connectivity index (χ0v) is 12.4. The van der Waals surface area contributed by atoms with E-state index in [4.69, 9.17) is 0 Å². The maximum Gasteiger partial charge on any atom is 0.150 e. The number of phenols is 1. The second kappa shape index (κ2) is 5.12. The second-order valence-corrected chi connectivity index (χ2v) is 6.17. The molecule has 0 unspecified atom stereocenters. The number of benzene rings is 2. The van der Waals surface area contributed by atoms with Crippen molar-refractivity contribution in [3.8, 4) is 16.9 Å². The van der Waals surface area contributed by atoms with Crippen LogP contribution in [-0.4, -0.2) is 11.4 Å². The molecule has 0 fully saturated rings. The van der Waals surface area contributed by atoms with Crippen molar-refractivity contribution in [2.24, 2.45) is 0 Å². The Balaban J connectivity index is 2.66. The molecule has 20 heavy (non-hydrogen) atoms. The van der Waals surface area contributed by atoms with Gasteiger partial charge in [0.15, 0.2) is 0 Å². The van der Waals surface area contributed by atoms with Crippen LogP contribution in [0.5, 0.6) is 5.75 Å². The molecule has 0 amide bonds. The Hall–Kier alpha value is -2.09. The van der Waals surface area contributed by atoms with Crippen molar-refractivity contribution in [3.05, 3.63) is 53.1 Å². The average molecular weight is 268 g/mol. The molecule has 2 aromatic carbocycles. The van der Waals surface area contributed by atoms with Crippen molar-refractivity contribution < 1.29 is 9.90 Å². The first-order chi connectivity index (χ1) is 9.32. The fraction of sp³-hybridized carbons (Fsp3) is 0.278. The van der Waals surface area contributed by atoms with Crippen molar-refractivity contribution in [2.75, 3.05) is 0 Å². The van der Waals surface area contributed by atoms with Crippen molar-refractivity contribution in [2.45, 2.75) is 33.1 Å². The van der Waals surface area contributed by atoms with Gasteiger partial charge in [-0.15, -0.1) is 0 Å². The number of hydrogen-bond acceptors (Lipinski definition) is 2. The number of phenolic OH excluding ortho intramolecular Hbond substituents is 1. The Labute approximate surface area is 120 Å². The lowest BCUT2D eigenvalue weighted by molar-refractivity contribution is 0.112. The van der Waals surface area contributed by atoms with Crippen LogP contribution in [0.2, 0.25) is 0 Å². The van der Waals surface area contributed by atoms with E-state index in [9.17, 15) is 9.90 Å². The van der Waals surface area contributed by atoms with Crippen LogP contribution >= 0.6 is 0 Å². The predicted octanol–water partition coefficient (Wildman–Crippen LogP) is 4.48. The fourth-order valence-electron chi connectivity index (χ4n) is 2.22. The van der Waals surface area contributed by atoms with Crippen LogP contribution in [0, 0.1) is 6.92 Å². The first-order valence-electron chi connectivity index (χ1n) is 6.72. The van der Waals surface area contributed by atoms with Gasteiger partial charge in [0.05, 0.1) is 0 Å². The number of carbonyl (C=O) groups is 1. The Morgan fingerprint density at radius 3 is 2.30 bits per heavy atom. The minimum Gasteiger partial charge on any atom is -0.507 e. The zero-order chi connectivity index (χ0) is 14.9. The van der Waals surface area contributed by atoms with E-state index in [2.05, 4.69) is 20.8 Å². The molecule has 0 bridgehead atoms. The normalized spacial score (nSPS) is 11.4. The molecule has 2 rings (SSSR count). The highest BCUT2D eigenvalue weighted by molar-refractivity contribution is 5.82. The van der Waals surface area contributed by atoms with E-state index >= 15 is 0 Å². The SMILES string of the molecule is Cc1ccc(C=O)cc1-c1cc(C(C)(C)C)ccc1O. The molecule has 0 aliphatic carbocycles. The van der Waals surface area contributed by atoms with E-state index in [0.29, 0.717) is 5.56 Å². The van der Waals surface area contributed by atoms with Crippen molar-refractivity contribution in [3.63, 3.8) is 0 Å². The summed E-state index contributed by atoms with van der Waals surface area (Å²) in [6.45, 7) is 8.39. The number of aromatic hydroxyl groups is 1. The van der Waals surface area contributed by atoms with Gasteiger partial charge in [-0.25, -0.2) is 0 Å². The molecule has 2 heteroatoms. The highest BCUT2D eigenvalue weighted by Crippen LogP contribution is 2.35. The van der Waals surface area contributed by atoms with Gasteiger partial charge in [-0.05, 0) is 47.2 Å². The number of carbonyl (C=O) groups excluding carboxylic acids is 1. The molecule has 0 saturated carbocycles. The smallest absolute Gasteiger partial charge is 0.150 e. The van der Waals surface area contributed by atoms with Crippen LogP contribution in [0.1, 0.15) is 42.3 Å². The average Bonchev–Trinajstić information content (AvgIpc) is 2.39. The molecule has 0 radical (unpaired) electrons. The van der Waals surface area contributed by atoms with Gasteiger partial charge in [-0.2, -0.15) is 0 Å². The van der Waals surface area contributed by atoms with Crippen molar-refractivity contribution in [1.82, 2.24) is 0 Å². The summed E-state index contributed by atoms with van der Waals surface area (Å²) < 4.78 is 0. The van der Waals surface area contributed by atoms with Gasteiger partial charge < -0.3 is 5.11 Å². The topological polar surface area (TPSA) is 37.3 Å². The molecular formula is C18H20O2. The summed E-state index contributed by atoms with van der Waals surface area (Å²) in [6.07, 6.45) is 0.827. The summed E-state index contributed by atoms with van der Waals surface area (Å²) in [5, 5.41) is 10.2. The van der Waals surface area contributed by atoms with Crippen LogP contribution in [0.25, 0.3) is 11.1 Å². The van der Waals surface area contributed by atoms with Crippen molar-refractivity contribution >= 4 is 6.29 Å². The summed E-state index contributed by atoms with van der Waals surface area (Å²) >= 11 is 0. The van der Waals surface area contributed by atoms with Gasteiger partial charge in [-0.1, -0.05) is 39.0 Å². The van der Waals surface area contributed by atoms with Crippen LogP contribution in [0.3, 0.4) is 0 Å². The number of rotatable bonds is 2. The molecular weight excluding hydrogens is 248 g/mol. The maximum absolute atomic E-state index is 10.9. The fourth-order valence-corrected chi connectivity index (χ4v) is 2.22. The lowest BCUT2D eigenvalue weighted by Crippen LogP contribution is -2.10. The van der Waals surface area contributed by atoms with Crippen molar-refractivity contribution in [1.29, 1.82) is 0 Å². The van der Waals surface area contributed by atoms with E-state index in [1.165, 1.54) is 0 Å². The molecule has 104 valence electrons. The lowest BCUT2D eigenvalue weighted by Gasteiger charge is -2.21. The molecule has 0 aromatic heterocycles. The molecule has 0 saturated heterocycles. The third-order valence-electron chi connectivity index (χ3n) is 3.55. The predicted molar refractivity (Wildman–Crippen MR) is 82.4 cm³/mol. The molecule has 0 spiro atoms. The van der Waals surface area contributed by atoms with Gasteiger partial charge in [0, 0.05) is 11.1 Å². The van der Waals surface area contributed by atoms with E-state index in [-0.39, 0.29) is 11.2 Å². The highest BCUT2D eigenvalue weighted by Gasteiger charge is 2.17. The molecule has 0 heterocycles. The molecule has 0 aliphatic heterocycles. The second-order valence-electron chi connectivity index (χ2n) is 6.17. The number of aldehydes is 1. The lowest BCUT2D eigenvalue weighted by atomic mass is 9.84. The van der Waals surface area contributed by atoms with E-state index < -0.39 is 0 Å². The van der Waals surface area contributed by atoms with Crippen LogP contribution < -0.4 is 0 Å². The van der Waals surface area contributed by atoms with Gasteiger partial charge >= 0.3 is 0 Å². The Morgan fingerprint density at radius 2 is 1.70 bits per heavy atom. The third kappa shape index (κ3) is 2.74. The summed E-state index contributed by atoms with van der Waals surface area (Å²) in [5.74, 6) is 0.240. The summed E-state index contributed by atoms with van der Waals surface area (Å²) in [4.78, 5) is 10.9. The van der Waals surface area contributed by atoms with Gasteiger partial charge in [0.2, 0.25) is 0 Å². The van der Waals surface area contributed by atoms with E-state index in [1.807, 2.05) is 31.2 Å².